The van der Waals surface area contributed by atoms with E-state index >= 15 is 0 Å². The number of hydrogen-bond donors (Lipinski definition) is 4. The Morgan fingerprint density at radius 2 is 1.88 bits per heavy atom. The van der Waals surface area contributed by atoms with Gasteiger partial charge in [0.1, 0.15) is 23.6 Å². The molecule has 4 N–H and O–H groups in total. The third-order valence-electron chi connectivity index (χ3n) is 6.75. The molecular formula is C24H33N7O. The van der Waals surface area contributed by atoms with Crippen LogP contribution < -0.4 is 15.5 Å². The fourth-order valence-electron chi connectivity index (χ4n) is 5.26. The van der Waals surface area contributed by atoms with Crippen LogP contribution in [0.5, 0.6) is 0 Å². The summed E-state index contributed by atoms with van der Waals surface area (Å²) in [5.74, 6) is 2.30. The number of nitrogens with one attached hydrogen (secondary N) is 3. The van der Waals surface area contributed by atoms with Gasteiger partial charge in [-0.3, -0.25) is 0 Å². The van der Waals surface area contributed by atoms with Gasteiger partial charge in [0.15, 0.2) is 0 Å². The van der Waals surface area contributed by atoms with Gasteiger partial charge in [0, 0.05) is 31.4 Å². The average Bonchev–Trinajstić information content (AvgIpc) is 3.23. The first-order valence-electron chi connectivity index (χ1n) is 11.8. The molecule has 2 atom stereocenters. The first kappa shape index (κ1) is 21.2. The Morgan fingerprint density at radius 1 is 1.09 bits per heavy atom. The second-order valence-corrected chi connectivity index (χ2v) is 9.41. The maximum absolute atomic E-state index is 9.89. The van der Waals surface area contributed by atoms with Crippen LogP contribution in [0.3, 0.4) is 0 Å². The highest BCUT2D eigenvalue weighted by atomic mass is 16.3. The summed E-state index contributed by atoms with van der Waals surface area (Å²) in [6.45, 7) is 6.96. The number of anilines is 2. The number of aromatic amines is 1. The van der Waals surface area contributed by atoms with Gasteiger partial charge in [-0.05, 0) is 63.1 Å². The van der Waals surface area contributed by atoms with Gasteiger partial charge in [-0.2, -0.15) is 0 Å². The van der Waals surface area contributed by atoms with Crippen LogP contribution >= 0.6 is 0 Å². The number of aromatic nitrogens is 4. The lowest BCUT2D eigenvalue weighted by Crippen LogP contribution is -2.54. The molecule has 0 aromatic carbocycles. The lowest BCUT2D eigenvalue weighted by Gasteiger charge is -2.37. The average molecular weight is 436 g/mol. The van der Waals surface area contributed by atoms with E-state index in [1.54, 1.807) is 6.33 Å². The zero-order chi connectivity index (χ0) is 22.1. The van der Waals surface area contributed by atoms with E-state index in [4.69, 9.17) is 4.98 Å². The number of fused-ring (bicyclic) bond motifs is 1. The summed E-state index contributed by atoms with van der Waals surface area (Å²) in [4.78, 5) is 19.6. The molecule has 2 fully saturated rings. The van der Waals surface area contributed by atoms with Crippen molar-refractivity contribution in [3.05, 3.63) is 42.0 Å². The molecule has 1 saturated heterocycles. The van der Waals surface area contributed by atoms with Crippen molar-refractivity contribution in [2.24, 2.45) is 0 Å². The molecule has 8 nitrogen and oxygen atoms in total. The highest BCUT2D eigenvalue weighted by Gasteiger charge is 2.25. The smallest absolute Gasteiger partial charge is 0.143 e. The summed E-state index contributed by atoms with van der Waals surface area (Å²) >= 11 is 0. The van der Waals surface area contributed by atoms with Crippen LogP contribution in [0.25, 0.3) is 11.0 Å². The maximum Gasteiger partial charge on any atom is 0.143 e. The number of aliphatic hydroxyl groups excluding tert-OH is 1. The van der Waals surface area contributed by atoms with Gasteiger partial charge in [-0.25, -0.2) is 15.0 Å². The van der Waals surface area contributed by atoms with E-state index < -0.39 is 0 Å². The number of nitrogens with zero attached hydrogens (tertiary/aromatic N) is 4. The van der Waals surface area contributed by atoms with Crippen molar-refractivity contribution in [3.8, 4) is 0 Å². The number of piperazine rings is 1. The zero-order valence-electron chi connectivity index (χ0n) is 18.9. The van der Waals surface area contributed by atoms with Gasteiger partial charge >= 0.3 is 0 Å². The van der Waals surface area contributed by atoms with Gasteiger partial charge in [0.2, 0.25) is 0 Å². The molecule has 2 aliphatic rings. The quantitative estimate of drug-likeness (QED) is 0.488. The van der Waals surface area contributed by atoms with E-state index in [1.165, 1.54) is 5.56 Å². The Labute approximate surface area is 188 Å². The fraction of sp³-hybridized carbons (Fsp3) is 0.542. The first-order valence-corrected chi connectivity index (χ1v) is 11.8. The largest absolute Gasteiger partial charge is 0.393 e. The molecule has 3 aromatic heterocycles. The molecule has 1 saturated carbocycles. The van der Waals surface area contributed by atoms with E-state index in [0.717, 1.165) is 67.1 Å². The summed E-state index contributed by atoms with van der Waals surface area (Å²) in [7, 11) is 0. The van der Waals surface area contributed by atoms with Crippen LogP contribution in [-0.4, -0.2) is 56.3 Å². The van der Waals surface area contributed by atoms with Crippen LogP contribution in [0.4, 0.5) is 11.6 Å². The number of hydrogen-bond acceptors (Lipinski definition) is 7. The molecule has 0 amide bonds. The van der Waals surface area contributed by atoms with Crippen molar-refractivity contribution >= 4 is 22.7 Å². The van der Waals surface area contributed by atoms with Crippen molar-refractivity contribution in [3.63, 3.8) is 0 Å². The van der Waals surface area contributed by atoms with Gasteiger partial charge in [0.05, 0.1) is 23.7 Å². The molecule has 32 heavy (non-hydrogen) atoms. The van der Waals surface area contributed by atoms with Gasteiger partial charge in [0.25, 0.3) is 0 Å². The lowest BCUT2D eigenvalue weighted by molar-refractivity contribution is 0.123. The van der Waals surface area contributed by atoms with Crippen LogP contribution in [-0.2, 0) is 6.54 Å². The van der Waals surface area contributed by atoms with Gasteiger partial charge in [-0.15, -0.1) is 0 Å². The van der Waals surface area contributed by atoms with Crippen molar-refractivity contribution in [1.29, 1.82) is 0 Å². The first-order chi connectivity index (χ1) is 15.6. The summed E-state index contributed by atoms with van der Waals surface area (Å²) in [6, 6.07) is 7.14. The van der Waals surface area contributed by atoms with Crippen LogP contribution in [0, 0.1) is 0 Å². The molecule has 8 heteroatoms. The highest BCUT2D eigenvalue weighted by molar-refractivity contribution is 5.90. The van der Waals surface area contributed by atoms with Crippen LogP contribution in [0.2, 0.25) is 0 Å². The Bertz CT molecular complexity index is 1050. The fourth-order valence-corrected chi connectivity index (χ4v) is 5.26. The van der Waals surface area contributed by atoms with E-state index in [2.05, 4.69) is 68.7 Å². The van der Waals surface area contributed by atoms with Crippen molar-refractivity contribution in [1.82, 2.24) is 25.3 Å². The summed E-state index contributed by atoms with van der Waals surface area (Å²) < 4.78 is 0. The van der Waals surface area contributed by atoms with Crippen molar-refractivity contribution < 1.29 is 5.11 Å². The number of pyridine rings is 1. The van der Waals surface area contributed by atoms with E-state index in [0.29, 0.717) is 24.5 Å². The topological polar surface area (TPSA) is 102 Å². The minimum atomic E-state index is -0.162. The third kappa shape index (κ3) is 4.42. The monoisotopic (exact) mass is 435 g/mol. The standard InChI is InChI=1S/C24H33N7O/c1-15-12-31(13-16(2)29-15)21-5-3-4-18(30-21)10-25-23-22-20(11-26-24(22)28-14-27-23)17-6-8-19(32)9-7-17/h3-5,11,14-17,19,29,32H,6-10,12-13H2,1-2H3,(H2,25,26,27,28)/t15-,16+,17?,19?. The second kappa shape index (κ2) is 9.03. The van der Waals surface area contributed by atoms with Gasteiger partial charge < -0.3 is 25.6 Å². The van der Waals surface area contributed by atoms with Crippen LogP contribution in [0.1, 0.15) is 56.7 Å². The Morgan fingerprint density at radius 3 is 2.66 bits per heavy atom. The molecule has 170 valence electrons. The normalized spacial score (nSPS) is 26.4. The van der Waals surface area contributed by atoms with Crippen LogP contribution in [0.15, 0.2) is 30.7 Å². The highest BCUT2D eigenvalue weighted by Crippen LogP contribution is 2.38. The molecule has 4 heterocycles. The van der Waals surface area contributed by atoms with E-state index in [9.17, 15) is 5.11 Å². The summed E-state index contributed by atoms with van der Waals surface area (Å²) in [5.41, 5.74) is 3.10. The predicted molar refractivity (Wildman–Crippen MR) is 127 cm³/mol. The number of H-pyrrole nitrogens is 1. The maximum atomic E-state index is 9.89. The van der Waals surface area contributed by atoms with Crippen molar-refractivity contribution in [2.75, 3.05) is 23.3 Å². The molecule has 0 bridgehead atoms. The number of rotatable bonds is 5. The Hall–Kier alpha value is -2.71. The minimum absolute atomic E-state index is 0.162. The molecular weight excluding hydrogens is 402 g/mol. The SMILES string of the molecule is C[C@@H]1CN(c2cccc(CNc3ncnc4[nH]cc(C5CCC(O)CC5)c34)n2)C[C@H](C)N1. The van der Waals surface area contributed by atoms with Gasteiger partial charge in [-0.1, -0.05) is 6.07 Å². The molecule has 0 spiro atoms. The van der Waals surface area contributed by atoms with E-state index in [-0.39, 0.29) is 6.10 Å². The predicted octanol–water partition coefficient (Wildman–Crippen LogP) is 3.17. The third-order valence-corrected chi connectivity index (χ3v) is 6.75. The summed E-state index contributed by atoms with van der Waals surface area (Å²) in [6.07, 6.45) is 7.20. The molecule has 0 unspecified atom stereocenters. The lowest BCUT2D eigenvalue weighted by atomic mass is 9.83. The zero-order valence-corrected chi connectivity index (χ0v) is 18.9. The Balaban J connectivity index is 1.34. The Kier molecular flexibility index (Phi) is 5.97. The molecule has 1 aliphatic carbocycles. The minimum Gasteiger partial charge on any atom is -0.393 e. The van der Waals surface area contributed by atoms with Crippen molar-refractivity contribution in [2.45, 2.75) is 70.2 Å². The van der Waals surface area contributed by atoms with E-state index in [1.807, 2.05) is 0 Å². The second-order valence-electron chi connectivity index (χ2n) is 9.41. The number of aliphatic hydroxyl groups is 1. The summed E-state index contributed by atoms with van der Waals surface area (Å²) in [5, 5.41) is 18.0. The molecule has 0 radical (unpaired) electrons. The molecule has 3 aromatic rings. The molecule has 5 rings (SSSR count). The molecule has 1 aliphatic heterocycles.